The maximum atomic E-state index is 9.82. The first-order valence-electron chi connectivity index (χ1n) is 6.77. The van der Waals surface area contributed by atoms with Gasteiger partial charge in [0.2, 0.25) is 0 Å². The van der Waals surface area contributed by atoms with Gasteiger partial charge >= 0.3 is 117 Å². The molecule has 1 N–H and O–H groups in total. The van der Waals surface area contributed by atoms with Gasteiger partial charge in [0.25, 0.3) is 0 Å². The molecule has 0 spiro atoms. The topological polar surface area (TPSA) is 65.7 Å². The summed E-state index contributed by atoms with van der Waals surface area (Å²) < 4.78 is 18.8. The fourth-order valence-corrected chi connectivity index (χ4v) is 4.99. The molecule has 0 atom stereocenters. The Morgan fingerprint density at radius 1 is 1.40 bits per heavy atom. The molecule has 2 heterocycles. The van der Waals surface area contributed by atoms with Crippen molar-refractivity contribution in [3.8, 4) is 5.88 Å². The van der Waals surface area contributed by atoms with Crippen molar-refractivity contribution in [2.24, 2.45) is 0 Å². The summed E-state index contributed by atoms with van der Waals surface area (Å²) in [6.07, 6.45) is 0.465. The van der Waals surface area contributed by atoms with Gasteiger partial charge in [-0.2, -0.15) is 0 Å². The van der Waals surface area contributed by atoms with Gasteiger partial charge in [-0.05, 0) is 0 Å². The van der Waals surface area contributed by atoms with E-state index in [4.69, 9.17) is 13.6 Å². The van der Waals surface area contributed by atoms with E-state index < -0.39 is 7.94 Å². The standard InChI is InChI=1S/C13H19N2O4P/c1-3-17-20(18-10(2)19-20)9-8-15-12-7-5-4-6-11(12)13(16)14-15/h4-7,10,20H,3,8-9H2,1-2H3,(H,14,16). The number of rotatable bonds is 5. The molecule has 1 aliphatic heterocycles. The van der Waals surface area contributed by atoms with Gasteiger partial charge in [0, 0.05) is 0 Å². The SMILES string of the molecule is CCO[PH]1(CCn2nc(O)c3ccccc32)OC(C)O1. The quantitative estimate of drug-likeness (QED) is 0.860. The van der Waals surface area contributed by atoms with Crippen molar-refractivity contribution in [2.75, 3.05) is 12.8 Å². The van der Waals surface area contributed by atoms with Gasteiger partial charge in [-0.3, -0.25) is 0 Å². The van der Waals surface area contributed by atoms with E-state index in [9.17, 15) is 5.11 Å². The van der Waals surface area contributed by atoms with Gasteiger partial charge in [-0.1, -0.05) is 0 Å². The van der Waals surface area contributed by atoms with Crippen LogP contribution < -0.4 is 0 Å². The van der Waals surface area contributed by atoms with Crippen LogP contribution in [0.25, 0.3) is 10.9 Å². The Morgan fingerprint density at radius 2 is 2.15 bits per heavy atom. The van der Waals surface area contributed by atoms with Crippen molar-refractivity contribution < 1.29 is 18.7 Å². The third kappa shape index (κ3) is 2.40. The van der Waals surface area contributed by atoms with Crippen molar-refractivity contribution >= 4 is 18.8 Å². The van der Waals surface area contributed by atoms with Crippen LogP contribution in [-0.4, -0.2) is 33.9 Å². The van der Waals surface area contributed by atoms with E-state index in [2.05, 4.69) is 5.10 Å². The summed E-state index contributed by atoms with van der Waals surface area (Å²) >= 11 is 0. The second-order valence-corrected chi connectivity index (χ2v) is 7.36. The molecule has 1 aromatic carbocycles. The van der Waals surface area contributed by atoms with Crippen LogP contribution in [0.2, 0.25) is 0 Å². The molecule has 3 rings (SSSR count). The Bertz CT molecular complexity index is 604. The van der Waals surface area contributed by atoms with Crippen LogP contribution in [0.4, 0.5) is 0 Å². The van der Waals surface area contributed by atoms with Crippen molar-refractivity contribution in [1.82, 2.24) is 9.78 Å². The first kappa shape index (κ1) is 13.8. The maximum absolute atomic E-state index is 9.82. The van der Waals surface area contributed by atoms with Crippen molar-refractivity contribution in [2.45, 2.75) is 26.7 Å². The number of para-hydroxylation sites is 1. The Hall–Kier alpha value is -1.20. The van der Waals surface area contributed by atoms with Gasteiger partial charge < -0.3 is 0 Å². The summed E-state index contributed by atoms with van der Waals surface area (Å²) in [7, 11) is -2.51. The predicted molar refractivity (Wildman–Crippen MR) is 77.8 cm³/mol. The Kier molecular flexibility index (Phi) is 3.65. The number of aromatic hydroxyl groups is 1. The first-order chi connectivity index (χ1) is 9.63. The number of fused-ring (bicyclic) bond motifs is 1. The minimum absolute atomic E-state index is 0.0524. The van der Waals surface area contributed by atoms with E-state index in [0.29, 0.717) is 19.3 Å². The molecule has 6 nitrogen and oxygen atoms in total. The summed E-state index contributed by atoms with van der Waals surface area (Å²) in [6, 6.07) is 7.59. The van der Waals surface area contributed by atoms with Crippen LogP contribution in [0.5, 0.6) is 5.88 Å². The minimum atomic E-state index is -2.51. The second-order valence-electron chi connectivity index (χ2n) is 4.73. The predicted octanol–water partition coefficient (Wildman–Crippen LogP) is 2.67. The number of nitrogens with zero attached hydrogens (tertiary/aromatic N) is 2. The summed E-state index contributed by atoms with van der Waals surface area (Å²) in [5.74, 6) is 0.0524. The second kappa shape index (κ2) is 5.30. The fraction of sp³-hybridized carbons (Fsp3) is 0.462. The third-order valence-corrected chi connectivity index (χ3v) is 6.27. The molecule has 1 aliphatic rings. The van der Waals surface area contributed by atoms with Gasteiger partial charge in [0.1, 0.15) is 0 Å². The van der Waals surface area contributed by atoms with Gasteiger partial charge in [0.15, 0.2) is 0 Å². The molecule has 0 aliphatic carbocycles. The molecule has 110 valence electrons. The molecular formula is C13H19N2O4P. The number of hydrogen-bond donors (Lipinski definition) is 1. The normalized spacial score (nSPS) is 22.6. The van der Waals surface area contributed by atoms with Crippen LogP contribution in [0.1, 0.15) is 13.8 Å². The van der Waals surface area contributed by atoms with Crippen LogP contribution in [0.15, 0.2) is 24.3 Å². The summed E-state index contributed by atoms with van der Waals surface area (Å²) in [5, 5.41) is 14.7. The Morgan fingerprint density at radius 3 is 2.85 bits per heavy atom. The zero-order valence-electron chi connectivity index (χ0n) is 11.6. The molecule has 1 fully saturated rings. The molecule has 7 heteroatoms. The van der Waals surface area contributed by atoms with Crippen LogP contribution in [-0.2, 0) is 20.1 Å². The fourth-order valence-electron chi connectivity index (χ4n) is 2.52. The summed E-state index contributed by atoms with van der Waals surface area (Å²) in [5.41, 5.74) is 0.901. The number of aromatic nitrogens is 2. The molecular weight excluding hydrogens is 279 g/mol. The van der Waals surface area contributed by atoms with E-state index in [1.807, 2.05) is 38.1 Å². The van der Waals surface area contributed by atoms with E-state index in [1.165, 1.54) is 0 Å². The van der Waals surface area contributed by atoms with Crippen molar-refractivity contribution in [3.05, 3.63) is 24.3 Å². The average molecular weight is 298 g/mol. The molecule has 2 aromatic rings. The summed E-state index contributed by atoms with van der Waals surface area (Å²) in [4.78, 5) is 0. The van der Waals surface area contributed by atoms with Gasteiger partial charge in [-0.15, -0.1) is 0 Å². The average Bonchev–Trinajstić information content (AvgIpc) is 2.73. The van der Waals surface area contributed by atoms with E-state index >= 15 is 0 Å². The van der Waals surface area contributed by atoms with E-state index in [-0.39, 0.29) is 12.2 Å². The first-order valence-corrected chi connectivity index (χ1v) is 8.71. The van der Waals surface area contributed by atoms with E-state index in [1.54, 1.807) is 4.68 Å². The molecule has 0 saturated carbocycles. The van der Waals surface area contributed by atoms with Crippen molar-refractivity contribution in [1.29, 1.82) is 0 Å². The van der Waals surface area contributed by atoms with Crippen LogP contribution >= 0.6 is 7.94 Å². The van der Waals surface area contributed by atoms with Crippen LogP contribution in [0, 0.1) is 0 Å². The Balaban J connectivity index is 1.77. The molecule has 0 radical (unpaired) electrons. The Labute approximate surface area is 117 Å². The molecule has 0 unspecified atom stereocenters. The van der Waals surface area contributed by atoms with Gasteiger partial charge in [-0.25, -0.2) is 0 Å². The van der Waals surface area contributed by atoms with Crippen molar-refractivity contribution in [3.63, 3.8) is 0 Å². The summed E-state index contributed by atoms with van der Waals surface area (Å²) in [6.45, 7) is 4.96. The molecule has 0 amide bonds. The monoisotopic (exact) mass is 298 g/mol. The molecule has 1 aromatic heterocycles. The third-order valence-electron chi connectivity index (χ3n) is 3.32. The number of aryl methyl sites for hydroxylation is 1. The molecule has 0 bridgehead atoms. The van der Waals surface area contributed by atoms with Gasteiger partial charge in [0.05, 0.1) is 0 Å². The van der Waals surface area contributed by atoms with E-state index in [0.717, 1.165) is 10.9 Å². The molecule has 20 heavy (non-hydrogen) atoms. The molecule has 1 saturated heterocycles. The number of hydrogen-bond acceptors (Lipinski definition) is 5. The van der Waals surface area contributed by atoms with Crippen LogP contribution in [0.3, 0.4) is 0 Å². The zero-order chi connectivity index (χ0) is 14.2. The number of benzene rings is 1. The zero-order valence-corrected chi connectivity index (χ0v) is 12.6.